The van der Waals surface area contributed by atoms with Crippen LogP contribution in [0.25, 0.3) is 0 Å². The summed E-state index contributed by atoms with van der Waals surface area (Å²) in [5, 5.41) is 0. The van der Waals surface area contributed by atoms with Crippen molar-refractivity contribution in [1.29, 1.82) is 0 Å². The average Bonchev–Trinajstić information content (AvgIpc) is 2.68. The van der Waals surface area contributed by atoms with E-state index in [2.05, 4.69) is 0 Å². The molecule has 1 amide bonds. The van der Waals surface area contributed by atoms with E-state index in [0.717, 1.165) is 32.1 Å². The van der Waals surface area contributed by atoms with Crippen molar-refractivity contribution >= 4 is 15.9 Å². The minimum Gasteiger partial charge on any atom is -0.494 e. The molecule has 0 aromatic heterocycles. The number of sulfonamides is 1. The maximum absolute atomic E-state index is 13.3. The lowest BCUT2D eigenvalue weighted by molar-refractivity contribution is -0.131. The van der Waals surface area contributed by atoms with E-state index in [-0.39, 0.29) is 23.4 Å². The fourth-order valence-corrected chi connectivity index (χ4v) is 5.23. The molecule has 1 aliphatic carbocycles. The Labute approximate surface area is 163 Å². The summed E-state index contributed by atoms with van der Waals surface area (Å²) in [6.07, 6.45) is 4.74. The highest BCUT2D eigenvalue weighted by Gasteiger charge is 2.34. The molecule has 1 aliphatic rings. The lowest BCUT2D eigenvalue weighted by Crippen LogP contribution is -2.48. The number of carbonyl (C=O) groups is 1. The number of hydrogen-bond donors (Lipinski definition) is 0. The predicted octanol–water partition coefficient (Wildman–Crippen LogP) is 3.28. The van der Waals surface area contributed by atoms with Gasteiger partial charge in [0.25, 0.3) is 0 Å². The van der Waals surface area contributed by atoms with Crippen molar-refractivity contribution in [3.63, 3.8) is 0 Å². The number of amides is 1. The Bertz CT molecular complexity index is 693. The number of benzene rings is 1. The largest absolute Gasteiger partial charge is 0.494 e. The van der Waals surface area contributed by atoms with E-state index in [4.69, 9.17) is 4.74 Å². The highest BCUT2D eigenvalue weighted by atomic mass is 32.2. The molecule has 152 valence electrons. The molecule has 1 fully saturated rings. The van der Waals surface area contributed by atoms with E-state index < -0.39 is 10.0 Å². The number of hydrogen-bond acceptors (Lipinski definition) is 4. The van der Waals surface area contributed by atoms with E-state index in [0.29, 0.717) is 25.4 Å². The quantitative estimate of drug-likeness (QED) is 0.642. The monoisotopic (exact) mass is 396 g/mol. The van der Waals surface area contributed by atoms with Crippen molar-refractivity contribution in [2.75, 3.05) is 26.2 Å². The van der Waals surface area contributed by atoms with Crippen LogP contribution >= 0.6 is 0 Å². The van der Waals surface area contributed by atoms with Crippen molar-refractivity contribution in [2.24, 2.45) is 0 Å². The minimum atomic E-state index is -3.75. The number of nitrogens with zero attached hydrogens (tertiary/aromatic N) is 2. The van der Waals surface area contributed by atoms with Crippen LogP contribution in [0.4, 0.5) is 0 Å². The molecule has 1 aromatic carbocycles. The summed E-state index contributed by atoms with van der Waals surface area (Å²) in [7, 11) is -3.75. The van der Waals surface area contributed by atoms with Gasteiger partial charge in [0.1, 0.15) is 5.75 Å². The van der Waals surface area contributed by atoms with Crippen LogP contribution in [0, 0.1) is 0 Å². The minimum absolute atomic E-state index is 0.0953. The Kier molecular flexibility index (Phi) is 8.10. The smallest absolute Gasteiger partial charge is 0.243 e. The van der Waals surface area contributed by atoms with E-state index in [1.165, 1.54) is 4.31 Å². The highest BCUT2D eigenvalue weighted by Crippen LogP contribution is 2.28. The first-order valence-corrected chi connectivity index (χ1v) is 11.4. The summed E-state index contributed by atoms with van der Waals surface area (Å²) in [6, 6.07) is 6.36. The molecule has 1 aromatic rings. The molecular weight excluding hydrogens is 364 g/mol. The molecule has 7 heteroatoms. The molecule has 0 unspecified atom stereocenters. The van der Waals surface area contributed by atoms with Crippen molar-refractivity contribution in [3.8, 4) is 5.75 Å². The van der Waals surface area contributed by atoms with Gasteiger partial charge in [-0.25, -0.2) is 8.42 Å². The van der Waals surface area contributed by atoms with Gasteiger partial charge in [-0.3, -0.25) is 4.79 Å². The summed E-state index contributed by atoms with van der Waals surface area (Å²) in [5.41, 5.74) is 0. The van der Waals surface area contributed by atoms with Crippen LogP contribution in [0.3, 0.4) is 0 Å². The first kappa shape index (κ1) is 21.7. The number of ether oxygens (including phenoxy) is 1. The average molecular weight is 397 g/mol. The van der Waals surface area contributed by atoms with Crippen LogP contribution in [0.2, 0.25) is 0 Å². The molecule has 27 heavy (non-hydrogen) atoms. The summed E-state index contributed by atoms with van der Waals surface area (Å²) < 4.78 is 33.5. The van der Waals surface area contributed by atoms with Crippen molar-refractivity contribution < 1.29 is 17.9 Å². The topological polar surface area (TPSA) is 66.9 Å². The predicted molar refractivity (Wildman–Crippen MR) is 106 cm³/mol. The lowest BCUT2D eigenvalue weighted by Gasteiger charge is -2.34. The van der Waals surface area contributed by atoms with Gasteiger partial charge in [-0.05, 0) is 57.9 Å². The van der Waals surface area contributed by atoms with Gasteiger partial charge in [0.2, 0.25) is 15.9 Å². The summed E-state index contributed by atoms with van der Waals surface area (Å²) in [6.45, 7) is 7.29. The molecule has 0 aliphatic heterocycles. The molecule has 2 rings (SSSR count). The maximum Gasteiger partial charge on any atom is 0.243 e. The Balaban J connectivity index is 2.30. The third-order valence-corrected chi connectivity index (χ3v) is 7.04. The standard InChI is InChI=1S/C20H32N2O4S/c1-4-21(5-2)20(23)16-22(17-10-8-7-9-11-17)27(24,25)19-14-12-18(13-15-19)26-6-3/h12-15,17H,4-11,16H2,1-3H3. The van der Waals surface area contributed by atoms with Crippen LogP contribution in [0.5, 0.6) is 5.75 Å². The van der Waals surface area contributed by atoms with E-state index in [1.807, 2.05) is 20.8 Å². The molecule has 0 atom stereocenters. The second-order valence-corrected chi connectivity index (χ2v) is 8.70. The molecular formula is C20H32N2O4S. The van der Waals surface area contributed by atoms with Gasteiger partial charge in [-0.1, -0.05) is 19.3 Å². The Morgan fingerprint density at radius 2 is 1.63 bits per heavy atom. The third-order valence-electron chi connectivity index (χ3n) is 5.13. The molecule has 0 saturated heterocycles. The fourth-order valence-electron chi connectivity index (χ4n) is 3.60. The number of rotatable bonds is 9. The van der Waals surface area contributed by atoms with Crippen LogP contribution in [-0.2, 0) is 14.8 Å². The normalized spacial score (nSPS) is 15.7. The zero-order chi connectivity index (χ0) is 19.9. The van der Waals surface area contributed by atoms with Crippen LogP contribution in [0.15, 0.2) is 29.2 Å². The Morgan fingerprint density at radius 3 is 2.15 bits per heavy atom. The van der Waals surface area contributed by atoms with Crippen LogP contribution in [0.1, 0.15) is 52.9 Å². The summed E-state index contributed by atoms with van der Waals surface area (Å²) in [4.78, 5) is 14.6. The highest BCUT2D eigenvalue weighted by molar-refractivity contribution is 7.89. The van der Waals surface area contributed by atoms with Gasteiger partial charge < -0.3 is 9.64 Å². The molecule has 0 N–H and O–H groups in total. The molecule has 0 heterocycles. The Hall–Kier alpha value is -1.60. The fraction of sp³-hybridized carbons (Fsp3) is 0.650. The first-order chi connectivity index (χ1) is 12.9. The SMILES string of the molecule is CCOc1ccc(S(=O)(=O)N(CC(=O)N(CC)CC)C2CCCCC2)cc1. The number of likely N-dealkylation sites (N-methyl/N-ethyl adjacent to an activating group) is 1. The van der Waals surface area contributed by atoms with Gasteiger partial charge >= 0.3 is 0 Å². The van der Waals surface area contributed by atoms with E-state index in [1.54, 1.807) is 29.2 Å². The van der Waals surface area contributed by atoms with Crippen molar-refractivity contribution in [3.05, 3.63) is 24.3 Å². The third kappa shape index (κ3) is 5.45. The van der Waals surface area contributed by atoms with E-state index in [9.17, 15) is 13.2 Å². The van der Waals surface area contributed by atoms with E-state index >= 15 is 0 Å². The lowest BCUT2D eigenvalue weighted by atomic mass is 9.95. The summed E-state index contributed by atoms with van der Waals surface area (Å²) >= 11 is 0. The number of carbonyl (C=O) groups excluding carboxylic acids is 1. The zero-order valence-corrected chi connectivity index (χ0v) is 17.5. The molecule has 1 saturated carbocycles. The van der Waals surface area contributed by atoms with Gasteiger partial charge in [-0.2, -0.15) is 4.31 Å². The van der Waals surface area contributed by atoms with Gasteiger partial charge in [0.05, 0.1) is 18.0 Å². The summed E-state index contributed by atoms with van der Waals surface area (Å²) in [5.74, 6) is 0.500. The molecule has 0 radical (unpaired) electrons. The van der Waals surface area contributed by atoms with Gasteiger partial charge in [0.15, 0.2) is 0 Å². The zero-order valence-electron chi connectivity index (χ0n) is 16.7. The second kappa shape index (κ2) is 10.1. The van der Waals surface area contributed by atoms with Crippen LogP contribution < -0.4 is 4.74 Å². The maximum atomic E-state index is 13.3. The molecule has 0 bridgehead atoms. The Morgan fingerprint density at radius 1 is 1.04 bits per heavy atom. The van der Waals surface area contributed by atoms with Crippen molar-refractivity contribution in [1.82, 2.24) is 9.21 Å². The van der Waals surface area contributed by atoms with Gasteiger partial charge in [-0.15, -0.1) is 0 Å². The van der Waals surface area contributed by atoms with Crippen LogP contribution in [-0.4, -0.2) is 55.8 Å². The van der Waals surface area contributed by atoms with Crippen molar-refractivity contribution in [2.45, 2.75) is 63.8 Å². The van der Waals surface area contributed by atoms with Gasteiger partial charge in [0, 0.05) is 19.1 Å². The second-order valence-electron chi connectivity index (χ2n) is 6.81. The molecule has 6 nitrogen and oxygen atoms in total. The molecule has 0 spiro atoms. The first-order valence-electron chi connectivity index (χ1n) is 9.96.